The topological polar surface area (TPSA) is 12.0 Å². The Kier molecular flexibility index (Phi) is 4.49. The van der Waals surface area contributed by atoms with Crippen LogP contribution < -0.4 is 5.32 Å². The highest BCUT2D eigenvalue weighted by molar-refractivity contribution is 7.99. The number of rotatable bonds is 4. The molecule has 1 aliphatic carbocycles. The van der Waals surface area contributed by atoms with Gasteiger partial charge in [-0.2, -0.15) is 0 Å². The van der Waals surface area contributed by atoms with E-state index in [4.69, 9.17) is 0 Å². The van der Waals surface area contributed by atoms with Gasteiger partial charge in [0.25, 0.3) is 0 Å². The highest BCUT2D eigenvalue weighted by atomic mass is 32.2. The number of thioether (sulfide) groups is 1. The van der Waals surface area contributed by atoms with Gasteiger partial charge in [-0.25, -0.2) is 0 Å². The number of nitrogens with one attached hydrogen (secondary N) is 1. The first-order valence-corrected chi connectivity index (χ1v) is 8.74. The van der Waals surface area contributed by atoms with Gasteiger partial charge in [0, 0.05) is 23.1 Å². The predicted molar refractivity (Wildman–Crippen MR) is 83.9 cm³/mol. The molecule has 1 fully saturated rings. The van der Waals surface area contributed by atoms with Crippen molar-refractivity contribution in [1.29, 1.82) is 0 Å². The van der Waals surface area contributed by atoms with E-state index in [-0.39, 0.29) is 0 Å². The second-order valence-electron chi connectivity index (χ2n) is 6.34. The molecule has 1 nitrogen and oxygen atoms in total. The van der Waals surface area contributed by atoms with Crippen molar-refractivity contribution < 1.29 is 0 Å². The molecule has 3 unspecified atom stereocenters. The molecule has 3 rings (SSSR count). The van der Waals surface area contributed by atoms with Crippen molar-refractivity contribution in [2.75, 3.05) is 18.8 Å². The molecule has 0 amide bonds. The van der Waals surface area contributed by atoms with Crippen LogP contribution in [0.3, 0.4) is 0 Å². The van der Waals surface area contributed by atoms with Crippen LogP contribution in [-0.4, -0.2) is 18.8 Å². The maximum absolute atomic E-state index is 3.75. The number of hydrogen-bond donors (Lipinski definition) is 1. The van der Waals surface area contributed by atoms with Crippen LogP contribution in [0.25, 0.3) is 0 Å². The Balaban J connectivity index is 1.46. The zero-order chi connectivity index (χ0) is 13.1. The number of benzene rings is 1. The standard InChI is InChI=1S/C17H25NS/c1-13-5-4-6-14(9-13)10-18-11-15-12-19-17-8-3-2-7-16(15)17/h2-3,7-8,13-15,18H,4-6,9-12H2,1H3. The third kappa shape index (κ3) is 3.35. The Labute approximate surface area is 121 Å². The van der Waals surface area contributed by atoms with Gasteiger partial charge in [-0.1, -0.05) is 38.0 Å². The van der Waals surface area contributed by atoms with Crippen LogP contribution in [0.5, 0.6) is 0 Å². The lowest BCUT2D eigenvalue weighted by Crippen LogP contribution is -2.29. The molecule has 1 aromatic rings. The lowest BCUT2D eigenvalue weighted by atomic mass is 9.82. The summed E-state index contributed by atoms with van der Waals surface area (Å²) in [5.74, 6) is 3.85. The molecular weight excluding hydrogens is 250 g/mol. The van der Waals surface area contributed by atoms with Gasteiger partial charge in [0.1, 0.15) is 0 Å². The van der Waals surface area contributed by atoms with Crippen molar-refractivity contribution in [3.05, 3.63) is 29.8 Å². The largest absolute Gasteiger partial charge is 0.316 e. The summed E-state index contributed by atoms with van der Waals surface area (Å²) in [5.41, 5.74) is 1.57. The van der Waals surface area contributed by atoms with E-state index in [0.29, 0.717) is 0 Å². The molecule has 0 spiro atoms. The third-order valence-corrected chi connectivity index (χ3v) is 5.92. The van der Waals surface area contributed by atoms with Gasteiger partial charge < -0.3 is 5.32 Å². The van der Waals surface area contributed by atoms with E-state index in [2.05, 4.69) is 36.5 Å². The Morgan fingerprint density at radius 1 is 1.21 bits per heavy atom. The minimum Gasteiger partial charge on any atom is -0.316 e. The molecule has 1 heterocycles. The third-order valence-electron chi connectivity index (χ3n) is 4.67. The molecule has 0 aromatic heterocycles. The molecule has 0 saturated heterocycles. The van der Waals surface area contributed by atoms with E-state index >= 15 is 0 Å². The monoisotopic (exact) mass is 275 g/mol. The summed E-state index contributed by atoms with van der Waals surface area (Å²) in [5, 5.41) is 3.75. The average molecular weight is 275 g/mol. The summed E-state index contributed by atoms with van der Waals surface area (Å²) < 4.78 is 0. The van der Waals surface area contributed by atoms with E-state index in [1.54, 1.807) is 5.56 Å². The maximum Gasteiger partial charge on any atom is 0.0108 e. The van der Waals surface area contributed by atoms with Crippen molar-refractivity contribution in [1.82, 2.24) is 5.32 Å². The Bertz CT molecular complexity index is 417. The molecular formula is C17H25NS. The van der Waals surface area contributed by atoms with Crippen LogP contribution in [0.2, 0.25) is 0 Å². The fourth-order valence-electron chi connectivity index (χ4n) is 3.61. The van der Waals surface area contributed by atoms with Gasteiger partial charge >= 0.3 is 0 Å². The molecule has 3 atom stereocenters. The molecule has 1 saturated carbocycles. The van der Waals surface area contributed by atoms with Crippen LogP contribution >= 0.6 is 11.8 Å². The van der Waals surface area contributed by atoms with Gasteiger partial charge in [0.2, 0.25) is 0 Å². The molecule has 104 valence electrons. The van der Waals surface area contributed by atoms with Gasteiger partial charge in [0.15, 0.2) is 0 Å². The predicted octanol–water partition coefficient (Wildman–Crippen LogP) is 4.29. The second-order valence-corrected chi connectivity index (χ2v) is 7.40. The van der Waals surface area contributed by atoms with Gasteiger partial charge in [-0.05, 0) is 42.9 Å². The summed E-state index contributed by atoms with van der Waals surface area (Å²) in [6.07, 6.45) is 5.76. The van der Waals surface area contributed by atoms with Gasteiger partial charge in [-0.3, -0.25) is 0 Å². The van der Waals surface area contributed by atoms with Crippen molar-refractivity contribution in [2.24, 2.45) is 11.8 Å². The molecule has 0 radical (unpaired) electrons. The van der Waals surface area contributed by atoms with E-state index in [1.807, 2.05) is 11.8 Å². The van der Waals surface area contributed by atoms with E-state index < -0.39 is 0 Å². The average Bonchev–Trinajstić information content (AvgIpc) is 2.83. The maximum atomic E-state index is 3.75. The second kappa shape index (κ2) is 6.32. The zero-order valence-corrected chi connectivity index (χ0v) is 12.7. The van der Waals surface area contributed by atoms with Crippen LogP contribution in [0.4, 0.5) is 0 Å². The minimum absolute atomic E-state index is 0.724. The molecule has 1 aliphatic heterocycles. The summed E-state index contributed by atoms with van der Waals surface area (Å²) in [6.45, 7) is 4.80. The molecule has 1 N–H and O–H groups in total. The van der Waals surface area contributed by atoms with Gasteiger partial charge in [-0.15, -0.1) is 11.8 Å². The van der Waals surface area contributed by atoms with Crippen LogP contribution in [-0.2, 0) is 0 Å². The molecule has 2 heteroatoms. The lowest BCUT2D eigenvalue weighted by Gasteiger charge is -2.27. The first kappa shape index (κ1) is 13.5. The molecule has 19 heavy (non-hydrogen) atoms. The Morgan fingerprint density at radius 3 is 3.00 bits per heavy atom. The van der Waals surface area contributed by atoms with Crippen LogP contribution in [0, 0.1) is 11.8 Å². The van der Waals surface area contributed by atoms with Crippen LogP contribution in [0.15, 0.2) is 29.2 Å². The van der Waals surface area contributed by atoms with Crippen molar-refractivity contribution in [3.63, 3.8) is 0 Å². The fourth-order valence-corrected chi connectivity index (χ4v) is 4.86. The van der Waals surface area contributed by atoms with E-state index in [0.717, 1.165) is 24.3 Å². The first-order valence-electron chi connectivity index (χ1n) is 7.75. The smallest absolute Gasteiger partial charge is 0.0108 e. The number of fused-ring (bicyclic) bond motifs is 1. The fraction of sp³-hybridized carbons (Fsp3) is 0.647. The van der Waals surface area contributed by atoms with Crippen LogP contribution in [0.1, 0.15) is 44.1 Å². The zero-order valence-electron chi connectivity index (χ0n) is 11.9. The first-order chi connectivity index (χ1) is 9.33. The van der Waals surface area contributed by atoms with Gasteiger partial charge in [0.05, 0.1) is 0 Å². The SMILES string of the molecule is CC1CCCC(CNCC2CSc3ccccc32)C1. The van der Waals surface area contributed by atoms with E-state index in [1.165, 1.54) is 42.9 Å². The quantitative estimate of drug-likeness (QED) is 0.879. The number of hydrogen-bond acceptors (Lipinski definition) is 2. The van der Waals surface area contributed by atoms with Crippen molar-refractivity contribution in [3.8, 4) is 0 Å². The molecule has 0 bridgehead atoms. The molecule has 2 aliphatic rings. The summed E-state index contributed by atoms with van der Waals surface area (Å²) in [7, 11) is 0. The molecule has 1 aromatic carbocycles. The van der Waals surface area contributed by atoms with E-state index in [9.17, 15) is 0 Å². The highest BCUT2D eigenvalue weighted by Crippen LogP contribution is 2.38. The Morgan fingerprint density at radius 2 is 2.11 bits per heavy atom. The highest BCUT2D eigenvalue weighted by Gasteiger charge is 2.23. The summed E-state index contributed by atoms with van der Waals surface area (Å²) in [6, 6.07) is 8.92. The normalized spacial score (nSPS) is 30.3. The summed E-state index contributed by atoms with van der Waals surface area (Å²) >= 11 is 2.02. The summed E-state index contributed by atoms with van der Waals surface area (Å²) in [4.78, 5) is 1.50. The van der Waals surface area contributed by atoms with Crippen molar-refractivity contribution in [2.45, 2.75) is 43.4 Å². The minimum atomic E-state index is 0.724. The Hall–Kier alpha value is -0.470. The lowest BCUT2D eigenvalue weighted by molar-refractivity contribution is 0.274. The van der Waals surface area contributed by atoms with Crippen molar-refractivity contribution >= 4 is 11.8 Å².